The highest BCUT2D eigenvalue weighted by Gasteiger charge is 2.27. The van der Waals surface area contributed by atoms with Gasteiger partial charge in [0.2, 0.25) is 5.91 Å². The molecule has 0 saturated carbocycles. The second kappa shape index (κ2) is 6.12. The number of benzene rings is 1. The number of hydrogen-bond acceptors (Lipinski definition) is 2. The van der Waals surface area contributed by atoms with Gasteiger partial charge in [-0.05, 0) is 43.5 Å². The van der Waals surface area contributed by atoms with Crippen LogP contribution in [0.2, 0.25) is 10.0 Å². The lowest BCUT2D eigenvalue weighted by Crippen LogP contribution is -2.48. The van der Waals surface area contributed by atoms with Gasteiger partial charge in [-0.25, -0.2) is 0 Å². The Morgan fingerprint density at radius 3 is 2.89 bits per heavy atom. The van der Waals surface area contributed by atoms with Crippen molar-refractivity contribution in [2.75, 3.05) is 6.54 Å². The van der Waals surface area contributed by atoms with Gasteiger partial charge in [0.25, 0.3) is 0 Å². The largest absolute Gasteiger partial charge is 0.340 e. The standard InChI is InChI=1S/C14H18Cl2N2O/c1-9-6-12(17)4-5-18(9)14(19)8-10-7-11(15)2-3-13(10)16/h2-3,7,9,12H,4-6,8,17H2,1H3/t9-,12-/m0/s1. The van der Waals surface area contributed by atoms with Gasteiger partial charge in [-0.2, -0.15) is 0 Å². The van der Waals surface area contributed by atoms with E-state index < -0.39 is 0 Å². The third-order valence-corrected chi connectivity index (χ3v) is 4.19. The van der Waals surface area contributed by atoms with Gasteiger partial charge < -0.3 is 10.6 Å². The minimum absolute atomic E-state index is 0.0866. The predicted octanol–water partition coefficient (Wildman–Crippen LogP) is 2.87. The van der Waals surface area contributed by atoms with Crippen LogP contribution in [0.25, 0.3) is 0 Å². The first kappa shape index (κ1) is 14.6. The summed E-state index contributed by atoms with van der Waals surface area (Å²) in [6.07, 6.45) is 2.01. The molecule has 0 unspecified atom stereocenters. The summed E-state index contributed by atoms with van der Waals surface area (Å²) in [5.41, 5.74) is 6.69. The minimum atomic E-state index is 0.0866. The van der Waals surface area contributed by atoms with Crippen LogP contribution in [0.1, 0.15) is 25.3 Å². The zero-order valence-corrected chi connectivity index (χ0v) is 12.4. The van der Waals surface area contributed by atoms with Crippen molar-refractivity contribution in [2.45, 2.75) is 38.3 Å². The molecule has 0 bridgehead atoms. The van der Waals surface area contributed by atoms with E-state index in [2.05, 4.69) is 0 Å². The molecule has 0 spiro atoms. The molecule has 1 heterocycles. The molecule has 3 nitrogen and oxygen atoms in total. The highest BCUT2D eigenvalue weighted by Crippen LogP contribution is 2.23. The van der Waals surface area contributed by atoms with Crippen molar-refractivity contribution >= 4 is 29.1 Å². The van der Waals surface area contributed by atoms with Crippen molar-refractivity contribution in [3.63, 3.8) is 0 Å². The number of carbonyl (C=O) groups excluding carboxylic acids is 1. The van der Waals surface area contributed by atoms with Crippen LogP contribution in [0.3, 0.4) is 0 Å². The number of halogens is 2. The molecule has 5 heteroatoms. The quantitative estimate of drug-likeness (QED) is 0.913. The highest BCUT2D eigenvalue weighted by atomic mass is 35.5. The summed E-state index contributed by atoms with van der Waals surface area (Å²) >= 11 is 12.0. The fourth-order valence-electron chi connectivity index (χ4n) is 2.52. The first-order chi connectivity index (χ1) is 8.97. The number of likely N-dealkylation sites (tertiary alicyclic amines) is 1. The van der Waals surface area contributed by atoms with Crippen LogP contribution in [-0.4, -0.2) is 29.4 Å². The van der Waals surface area contributed by atoms with E-state index in [4.69, 9.17) is 28.9 Å². The van der Waals surface area contributed by atoms with E-state index in [0.29, 0.717) is 16.5 Å². The fraction of sp³-hybridized carbons (Fsp3) is 0.500. The van der Waals surface area contributed by atoms with E-state index >= 15 is 0 Å². The Morgan fingerprint density at radius 2 is 2.21 bits per heavy atom. The third-order valence-electron chi connectivity index (χ3n) is 3.59. The average molecular weight is 301 g/mol. The first-order valence-electron chi connectivity index (χ1n) is 6.46. The molecule has 1 fully saturated rings. The van der Waals surface area contributed by atoms with Crippen molar-refractivity contribution < 1.29 is 4.79 Å². The molecule has 1 amide bonds. The molecule has 19 heavy (non-hydrogen) atoms. The average Bonchev–Trinajstić information content (AvgIpc) is 2.33. The summed E-state index contributed by atoms with van der Waals surface area (Å²) in [4.78, 5) is 14.2. The van der Waals surface area contributed by atoms with E-state index in [1.165, 1.54) is 0 Å². The first-order valence-corrected chi connectivity index (χ1v) is 7.22. The number of nitrogens with two attached hydrogens (primary N) is 1. The number of piperidine rings is 1. The Balaban J connectivity index is 2.06. The van der Waals surface area contributed by atoms with Gasteiger partial charge in [0.1, 0.15) is 0 Å². The lowest BCUT2D eigenvalue weighted by molar-refractivity contribution is -0.133. The Bertz CT molecular complexity index is 479. The van der Waals surface area contributed by atoms with Crippen molar-refractivity contribution in [2.24, 2.45) is 5.73 Å². The number of nitrogens with zero attached hydrogens (tertiary/aromatic N) is 1. The molecular weight excluding hydrogens is 283 g/mol. The van der Waals surface area contributed by atoms with E-state index in [9.17, 15) is 4.79 Å². The van der Waals surface area contributed by atoms with Crippen molar-refractivity contribution in [3.05, 3.63) is 33.8 Å². The summed E-state index contributed by atoms with van der Waals surface area (Å²) in [6.45, 7) is 2.76. The molecule has 2 N–H and O–H groups in total. The maximum absolute atomic E-state index is 12.3. The predicted molar refractivity (Wildman–Crippen MR) is 78.6 cm³/mol. The van der Waals surface area contributed by atoms with Crippen LogP contribution >= 0.6 is 23.2 Å². The van der Waals surface area contributed by atoms with Gasteiger partial charge in [0, 0.05) is 28.7 Å². The van der Waals surface area contributed by atoms with Crippen LogP contribution in [-0.2, 0) is 11.2 Å². The summed E-state index contributed by atoms with van der Waals surface area (Å²) in [6, 6.07) is 5.59. The van der Waals surface area contributed by atoms with E-state index in [-0.39, 0.29) is 18.0 Å². The smallest absolute Gasteiger partial charge is 0.227 e. The van der Waals surface area contributed by atoms with Gasteiger partial charge in [-0.15, -0.1) is 0 Å². The second-order valence-corrected chi connectivity index (χ2v) is 5.98. The monoisotopic (exact) mass is 300 g/mol. The van der Waals surface area contributed by atoms with Gasteiger partial charge in [-0.3, -0.25) is 4.79 Å². The minimum Gasteiger partial charge on any atom is -0.340 e. The molecule has 104 valence electrons. The Labute approximate surface area is 123 Å². The van der Waals surface area contributed by atoms with Gasteiger partial charge in [-0.1, -0.05) is 23.2 Å². The summed E-state index contributed by atoms with van der Waals surface area (Å²) < 4.78 is 0. The maximum atomic E-state index is 12.3. The van der Waals surface area contributed by atoms with Gasteiger partial charge in [0.05, 0.1) is 6.42 Å². The van der Waals surface area contributed by atoms with Crippen LogP contribution in [0.5, 0.6) is 0 Å². The summed E-state index contributed by atoms with van der Waals surface area (Å²) in [5, 5.41) is 1.18. The maximum Gasteiger partial charge on any atom is 0.227 e. The number of rotatable bonds is 2. The van der Waals surface area contributed by atoms with E-state index in [1.54, 1.807) is 18.2 Å². The van der Waals surface area contributed by atoms with Crippen LogP contribution < -0.4 is 5.73 Å². The zero-order valence-electron chi connectivity index (χ0n) is 10.9. The molecule has 1 aromatic carbocycles. The Kier molecular flexibility index (Phi) is 4.71. The molecule has 0 radical (unpaired) electrons. The SMILES string of the molecule is C[C@H]1C[C@@H](N)CCN1C(=O)Cc1cc(Cl)ccc1Cl. The molecular formula is C14H18Cl2N2O. The van der Waals surface area contributed by atoms with Crippen molar-refractivity contribution in [1.82, 2.24) is 4.90 Å². The highest BCUT2D eigenvalue weighted by molar-refractivity contribution is 6.33. The topological polar surface area (TPSA) is 46.3 Å². The molecule has 1 aromatic rings. The van der Waals surface area contributed by atoms with Crippen LogP contribution in [0, 0.1) is 0 Å². The second-order valence-electron chi connectivity index (χ2n) is 5.13. The molecule has 1 saturated heterocycles. The van der Waals surface area contributed by atoms with E-state index in [0.717, 1.165) is 24.9 Å². The molecule has 0 aromatic heterocycles. The fourth-order valence-corrected chi connectivity index (χ4v) is 2.90. The van der Waals surface area contributed by atoms with Crippen molar-refractivity contribution in [3.8, 4) is 0 Å². The Morgan fingerprint density at radius 1 is 1.47 bits per heavy atom. The Hall–Kier alpha value is -0.770. The van der Waals surface area contributed by atoms with Gasteiger partial charge >= 0.3 is 0 Å². The number of carbonyl (C=O) groups is 1. The van der Waals surface area contributed by atoms with Crippen LogP contribution in [0.15, 0.2) is 18.2 Å². The lowest BCUT2D eigenvalue weighted by atomic mass is 9.98. The number of amides is 1. The van der Waals surface area contributed by atoms with E-state index in [1.807, 2.05) is 11.8 Å². The zero-order chi connectivity index (χ0) is 14.0. The summed E-state index contributed by atoms with van der Waals surface area (Å²) in [7, 11) is 0. The molecule has 1 aliphatic heterocycles. The molecule has 2 atom stereocenters. The number of hydrogen-bond donors (Lipinski definition) is 1. The van der Waals surface area contributed by atoms with Gasteiger partial charge in [0.15, 0.2) is 0 Å². The normalized spacial score (nSPS) is 23.5. The molecule has 1 aliphatic rings. The van der Waals surface area contributed by atoms with Crippen LogP contribution in [0.4, 0.5) is 0 Å². The lowest BCUT2D eigenvalue weighted by Gasteiger charge is -2.36. The summed E-state index contributed by atoms with van der Waals surface area (Å²) in [5.74, 6) is 0.0866. The molecule has 0 aliphatic carbocycles. The third kappa shape index (κ3) is 3.62. The molecule has 2 rings (SSSR count). The van der Waals surface area contributed by atoms with Crippen molar-refractivity contribution in [1.29, 1.82) is 0 Å².